The molecule has 1 heterocycles. The van der Waals surface area contributed by atoms with Gasteiger partial charge in [0.15, 0.2) is 0 Å². The van der Waals surface area contributed by atoms with Gasteiger partial charge in [-0.2, -0.15) is 13.2 Å². The number of rotatable bonds is 4. The molecule has 1 aromatic carbocycles. The van der Waals surface area contributed by atoms with E-state index in [-0.39, 0.29) is 17.6 Å². The van der Waals surface area contributed by atoms with Crippen LogP contribution in [0.1, 0.15) is 28.9 Å². The molecule has 23 heavy (non-hydrogen) atoms. The van der Waals surface area contributed by atoms with Crippen molar-refractivity contribution in [2.24, 2.45) is 0 Å². The summed E-state index contributed by atoms with van der Waals surface area (Å²) >= 11 is 0. The van der Waals surface area contributed by atoms with Crippen molar-refractivity contribution in [2.75, 3.05) is 5.32 Å². The number of nitrogens with zero attached hydrogens (tertiary/aromatic N) is 1. The van der Waals surface area contributed by atoms with Crippen LogP contribution in [0.15, 0.2) is 42.6 Å². The van der Waals surface area contributed by atoms with Gasteiger partial charge in [0.25, 0.3) is 5.91 Å². The maximum Gasteiger partial charge on any atom is 0.416 e. The number of pyridine rings is 1. The molecule has 1 aliphatic carbocycles. The zero-order valence-electron chi connectivity index (χ0n) is 12.0. The Morgan fingerprint density at radius 3 is 2.57 bits per heavy atom. The van der Waals surface area contributed by atoms with Gasteiger partial charge in [-0.15, -0.1) is 0 Å². The van der Waals surface area contributed by atoms with Crippen molar-refractivity contribution in [3.05, 3.63) is 53.9 Å². The molecule has 0 atom stereocenters. The van der Waals surface area contributed by atoms with Crippen molar-refractivity contribution in [2.45, 2.75) is 25.1 Å². The molecule has 7 heteroatoms. The predicted molar refractivity (Wildman–Crippen MR) is 79.5 cm³/mol. The van der Waals surface area contributed by atoms with E-state index >= 15 is 0 Å². The monoisotopic (exact) mass is 321 g/mol. The van der Waals surface area contributed by atoms with E-state index in [0.29, 0.717) is 11.4 Å². The van der Waals surface area contributed by atoms with Crippen LogP contribution in [0.4, 0.5) is 24.5 Å². The van der Waals surface area contributed by atoms with Crippen molar-refractivity contribution in [1.29, 1.82) is 0 Å². The highest BCUT2D eigenvalue weighted by Gasteiger charge is 2.30. The largest absolute Gasteiger partial charge is 0.416 e. The molecule has 0 saturated heterocycles. The van der Waals surface area contributed by atoms with Gasteiger partial charge in [0, 0.05) is 23.6 Å². The second-order valence-corrected chi connectivity index (χ2v) is 5.38. The van der Waals surface area contributed by atoms with E-state index in [2.05, 4.69) is 15.6 Å². The highest BCUT2D eigenvalue weighted by molar-refractivity contribution is 5.93. The highest BCUT2D eigenvalue weighted by Crippen LogP contribution is 2.31. The van der Waals surface area contributed by atoms with Crippen LogP contribution in [0, 0.1) is 0 Å². The van der Waals surface area contributed by atoms with Crippen molar-refractivity contribution < 1.29 is 18.0 Å². The SMILES string of the molecule is O=C(NC1CC1)c1cc(Nc2cccc(C(F)(F)F)c2)ccn1. The first-order valence-corrected chi connectivity index (χ1v) is 7.13. The normalized spacial score (nSPS) is 14.4. The van der Waals surface area contributed by atoms with Gasteiger partial charge in [0.05, 0.1) is 5.56 Å². The third-order valence-electron chi connectivity index (χ3n) is 3.38. The molecule has 1 amide bonds. The molecule has 1 fully saturated rings. The standard InChI is InChI=1S/C16H14F3N3O/c17-16(18,19)10-2-1-3-12(8-10)21-13-6-7-20-14(9-13)15(23)22-11-4-5-11/h1-3,6-9,11H,4-5H2,(H,20,21)(H,22,23). The minimum absolute atomic E-state index is 0.212. The zero-order valence-corrected chi connectivity index (χ0v) is 12.0. The summed E-state index contributed by atoms with van der Waals surface area (Å²) in [6.45, 7) is 0. The summed E-state index contributed by atoms with van der Waals surface area (Å²) in [5.74, 6) is -0.278. The molecule has 1 aliphatic rings. The van der Waals surface area contributed by atoms with Crippen LogP contribution in [0.25, 0.3) is 0 Å². The molecule has 0 bridgehead atoms. The summed E-state index contributed by atoms with van der Waals surface area (Å²) in [5.41, 5.74) is 0.289. The van der Waals surface area contributed by atoms with Gasteiger partial charge in [-0.05, 0) is 43.2 Å². The summed E-state index contributed by atoms with van der Waals surface area (Å²) in [4.78, 5) is 15.9. The van der Waals surface area contributed by atoms with E-state index in [9.17, 15) is 18.0 Å². The van der Waals surface area contributed by atoms with Gasteiger partial charge < -0.3 is 10.6 Å². The Morgan fingerprint density at radius 2 is 1.87 bits per heavy atom. The van der Waals surface area contributed by atoms with Crippen LogP contribution in [-0.2, 0) is 6.18 Å². The Kier molecular flexibility index (Phi) is 3.94. The second-order valence-electron chi connectivity index (χ2n) is 5.38. The fourth-order valence-corrected chi connectivity index (χ4v) is 2.06. The maximum atomic E-state index is 12.7. The third-order valence-corrected chi connectivity index (χ3v) is 3.38. The van der Waals surface area contributed by atoms with Crippen LogP contribution in [0.5, 0.6) is 0 Å². The number of nitrogens with one attached hydrogen (secondary N) is 2. The van der Waals surface area contributed by atoms with Crippen LogP contribution in [-0.4, -0.2) is 16.9 Å². The molecule has 1 saturated carbocycles. The Balaban J connectivity index is 1.76. The van der Waals surface area contributed by atoms with Crippen molar-refractivity contribution in [3.63, 3.8) is 0 Å². The average Bonchev–Trinajstić information content (AvgIpc) is 3.31. The number of hydrogen-bond donors (Lipinski definition) is 2. The Bertz CT molecular complexity index is 727. The summed E-state index contributed by atoms with van der Waals surface area (Å²) in [6.07, 6.45) is -1.02. The van der Waals surface area contributed by atoms with Crippen LogP contribution in [0.2, 0.25) is 0 Å². The number of alkyl halides is 3. The number of anilines is 2. The molecular weight excluding hydrogens is 307 g/mol. The number of halogens is 3. The fraction of sp³-hybridized carbons (Fsp3) is 0.250. The van der Waals surface area contributed by atoms with Gasteiger partial charge >= 0.3 is 6.18 Å². The third kappa shape index (κ3) is 4.00. The van der Waals surface area contributed by atoms with Gasteiger partial charge in [0.2, 0.25) is 0 Å². The lowest BCUT2D eigenvalue weighted by Gasteiger charge is -2.11. The molecule has 0 unspecified atom stereocenters. The molecule has 2 N–H and O–H groups in total. The number of amides is 1. The molecule has 0 spiro atoms. The molecular formula is C16H14F3N3O. The first-order chi connectivity index (χ1) is 10.9. The quantitative estimate of drug-likeness (QED) is 0.902. The smallest absolute Gasteiger partial charge is 0.355 e. The van der Waals surface area contributed by atoms with Crippen LogP contribution < -0.4 is 10.6 Å². The van der Waals surface area contributed by atoms with Gasteiger partial charge in [0.1, 0.15) is 5.69 Å². The lowest BCUT2D eigenvalue weighted by Crippen LogP contribution is -2.26. The average molecular weight is 321 g/mol. The Morgan fingerprint density at radius 1 is 1.13 bits per heavy atom. The highest BCUT2D eigenvalue weighted by atomic mass is 19.4. The second kappa shape index (κ2) is 5.91. The summed E-state index contributed by atoms with van der Waals surface area (Å²) < 4.78 is 38.1. The Labute approximate surface area is 130 Å². The molecule has 1 aromatic heterocycles. The van der Waals surface area contributed by atoms with E-state index in [1.54, 1.807) is 6.07 Å². The molecule has 2 aromatic rings. The van der Waals surface area contributed by atoms with E-state index in [1.165, 1.54) is 24.4 Å². The van der Waals surface area contributed by atoms with Gasteiger partial charge in [-0.3, -0.25) is 9.78 Å². The van der Waals surface area contributed by atoms with Crippen molar-refractivity contribution in [3.8, 4) is 0 Å². The first-order valence-electron chi connectivity index (χ1n) is 7.13. The van der Waals surface area contributed by atoms with Gasteiger partial charge in [-0.1, -0.05) is 6.07 Å². The summed E-state index contributed by atoms with van der Waals surface area (Å²) in [6, 6.07) is 8.19. The minimum atomic E-state index is -4.40. The lowest BCUT2D eigenvalue weighted by molar-refractivity contribution is -0.137. The number of hydrogen-bond acceptors (Lipinski definition) is 3. The number of carbonyl (C=O) groups excluding carboxylic acids is 1. The van der Waals surface area contributed by atoms with Crippen LogP contribution in [0.3, 0.4) is 0 Å². The number of carbonyl (C=O) groups is 1. The van der Waals surface area contributed by atoms with E-state index < -0.39 is 11.7 Å². The summed E-state index contributed by atoms with van der Waals surface area (Å²) in [5, 5.41) is 5.67. The lowest BCUT2D eigenvalue weighted by atomic mass is 10.2. The molecule has 0 radical (unpaired) electrons. The predicted octanol–water partition coefficient (Wildman–Crippen LogP) is 3.74. The van der Waals surface area contributed by atoms with Gasteiger partial charge in [-0.25, -0.2) is 0 Å². The minimum Gasteiger partial charge on any atom is -0.355 e. The fourth-order valence-electron chi connectivity index (χ4n) is 2.06. The summed E-state index contributed by atoms with van der Waals surface area (Å²) in [7, 11) is 0. The van der Waals surface area contributed by atoms with Crippen LogP contribution >= 0.6 is 0 Å². The maximum absolute atomic E-state index is 12.7. The molecule has 3 rings (SSSR count). The van der Waals surface area contributed by atoms with Crippen molar-refractivity contribution >= 4 is 17.3 Å². The molecule has 0 aliphatic heterocycles. The van der Waals surface area contributed by atoms with Crippen molar-refractivity contribution in [1.82, 2.24) is 10.3 Å². The number of aromatic nitrogens is 1. The first kappa shape index (κ1) is 15.3. The Hall–Kier alpha value is -2.57. The van der Waals surface area contributed by atoms with E-state index in [0.717, 1.165) is 25.0 Å². The van der Waals surface area contributed by atoms with E-state index in [4.69, 9.17) is 0 Å². The zero-order chi connectivity index (χ0) is 16.4. The number of benzene rings is 1. The molecule has 4 nitrogen and oxygen atoms in total. The van der Waals surface area contributed by atoms with E-state index in [1.807, 2.05) is 0 Å². The topological polar surface area (TPSA) is 54.0 Å². The molecule has 120 valence electrons.